The SMILES string of the molecule is CCCOc1cccc(NC2=C(c3ccc(Cl)cc3)C(=O)N(Cc3ccccc3)C2=O)c1. The second-order valence-electron chi connectivity index (χ2n) is 7.44. The highest BCUT2D eigenvalue weighted by Gasteiger charge is 2.39. The number of nitrogens with one attached hydrogen (secondary N) is 1. The number of imide groups is 1. The normalized spacial score (nSPS) is 13.6. The summed E-state index contributed by atoms with van der Waals surface area (Å²) in [7, 11) is 0. The number of carbonyl (C=O) groups is 2. The van der Waals surface area contributed by atoms with Gasteiger partial charge in [0, 0.05) is 16.8 Å². The van der Waals surface area contributed by atoms with Crippen LogP contribution in [-0.2, 0) is 16.1 Å². The van der Waals surface area contributed by atoms with Crippen molar-refractivity contribution in [1.29, 1.82) is 0 Å². The minimum Gasteiger partial charge on any atom is -0.494 e. The van der Waals surface area contributed by atoms with Gasteiger partial charge in [0.2, 0.25) is 0 Å². The molecule has 1 aliphatic heterocycles. The highest BCUT2D eigenvalue weighted by molar-refractivity contribution is 6.36. The molecule has 0 saturated carbocycles. The molecule has 0 radical (unpaired) electrons. The molecule has 162 valence electrons. The molecule has 32 heavy (non-hydrogen) atoms. The zero-order chi connectivity index (χ0) is 22.5. The van der Waals surface area contributed by atoms with Crippen LogP contribution in [0.2, 0.25) is 5.02 Å². The van der Waals surface area contributed by atoms with Crippen molar-refractivity contribution in [3.63, 3.8) is 0 Å². The van der Waals surface area contributed by atoms with Crippen molar-refractivity contribution in [1.82, 2.24) is 4.90 Å². The molecular weight excluding hydrogens is 424 g/mol. The van der Waals surface area contributed by atoms with Crippen molar-refractivity contribution in [2.24, 2.45) is 0 Å². The monoisotopic (exact) mass is 446 g/mol. The minimum absolute atomic E-state index is 0.195. The first-order valence-corrected chi connectivity index (χ1v) is 10.8. The number of ether oxygens (including phenoxy) is 1. The molecule has 0 aliphatic carbocycles. The van der Waals surface area contributed by atoms with Crippen molar-refractivity contribution in [2.45, 2.75) is 19.9 Å². The van der Waals surface area contributed by atoms with E-state index in [1.54, 1.807) is 24.3 Å². The molecule has 0 saturated heterocycles. The molecule has 0 spiro atoms. The van der Waals surface area contributed by atoms with Gasteiger partial charge in [-0.2, -0.15) is 0 Å². The summed E-state index contributed by atoms with van der Waals surface area (Å²) in [6.07, 6.45) is 0.894. The van der Waals surface area contributed by atoms with Crippen molar-refractivity contribution in [3.8, 4) is 5.75 Å². The van der Waals surface area contributed by atoms with Crippen LogP contribution in [0.4, 0.5) is 5.69 Å². The van der Waals surface area contributed by atoms with Crippen LogP contribution < -0.4 is 10.1 Å². The number of amides is 2. The fourth-order valence-electron chi connectivity index (χ4n) is 3.51. The Labute approximate surface area is 192 Å². The zero-order valence-corrected chi connectivity index (χ0v) is 18.4. The number of benzene rings is 3. The van der Waals surface area contributed by atoms with Crippen LogP contribution >= 0.6 is 11.6 Å². The second kappa shape index (κ2) is 9.71. The number of carbonyl (C=O) groups excluding carboxylic acids is 2. The Morgan fingerprint density at radius 2 is 1.66 bits per heavy atom. The standard InChI is InChI=1S/C26H23ClN2O3/c1-2-15-32-22-10-6-9-21(16-22)28-24-23(19-11-13-20(27)14-12-19)25(30)29(26(24)31)17-18-7-4-3-5-8-18/h3-14,16,28H,2,15,17H2,1H3. The molecule has 2 amide bonds. The quantitative estimate of drug-likeness (QED) is 0.463. The predicted molar refractivity (Wildman–Crippen MR) is 126 cm³/mol. The summed E-state index contributed by atoms with van der Waals surface area (Å²) >= 11 is 6.04. The van der Waals surface area contributed by atoms with Crippen molar-refractivity contribution < 1.29 is 14.3 Å². The molecular formula is C26H23ClN2O3. The highest BCUT2D eigenvalue weighted by atomic mass is 35.5. The lowest BCUT2D eigenvalue weighted by Gasteiger charge is -2.15. The summed E-state index contributed by atoms with van der Waals surface area (Å²) in [5.74, 6) is -0.0193. The van der Waals surface area contributed by atoms with Crippen LogP contribution in [-0.4, -0.2) is 23.3 Å². The molecule has 1 heterocycles. The van der Waals surface area contributed by atoms with E-state index in [9.17, 15) is 9.59 Å². The van der Waals surface area contributed by atoms with Crippen LogP contribution in [0.3, 0.4) is 0 Å². The Hall–Kier alpha value is -3.57. The zero-order valence-electron chi connectivity index (χ0n) is 17.7. The third kappa shape index (κ3) is 4.68. The molecule has 6 heteroatoms. The first-order valence-electron chi connectivity index (χ1n) is 10.5. The van der Waals surface area contributed by atoms with Gasteiger partial charge in [0.15, 0.2) is 0 Å². The Bertz CT molecular complexity index is 1160. The Morgan fingerprint density at radius 3 is 2.38 bits per heavy atom. The van der Waals surface area contributed by atoms with E-state index in [0.717, 1.165) is 12.0 Å². The molecule has 0 unspecified atom stereocenters. The molecule has 4 rings (SSSR count). The van der Waals surface area contributed by atoms with Gasteiger partial charge < -0.3 is 10.1 Å². The van der Waals surface area contributed by atoms with E-state index in [0.29, 0.717) is 34.2 Å². The molecule has 1 aliphatic rings. The summed E-state index contributed by atoms with van der Waals surface area (Å²) < 4.78 is 5.70. The molecule has 5 nitrogen and oxygen atoms in total. The third-order valence-corrected chi connectivity index (χ3v) is 5.31. The van der Waals surface area contributed by atoms with E-state index < -0.39 is 0 Å². The lowest BCUT2D eigenvalue weighted by molar-refractivity contribution is -0.137. The van der Waals surface area contributed by atoms with Gasteiger partial charge in [-0.1, -0.05) is 67.1 Å². The van der Waals surface area contributed by atoms with E-state index in [2.05, 4.69) is 5.32 Å². The van der Waals surface area contributed by atoms with E-state index in [-0.39, 0.29) is 24.1 Å². The Morgan fingerprint density at radius 1 is 0.906 bits per heavy atom. The van der Waals surface area contributed by atoms with Crippen LogP contribution in [0.1, 0.15) is 24.5 Å². The Kier molecular flexibility index (Phi) is 6.57. The van der Waals surface area contributed by atoms with Gasteiger partial charge in [-0.15, -0.1) is 0 Å². The number of hydrogen-bond acceptors (Lipinski definition) is 4. The number of halogens is 1. The van der Waals surface area contributed by atoms with Crippen LogP contribution in [0, 0.1) is 0 Å². The minimum atomic E-state index is -0.372. The largest absolute Gasteiger partial charge is 0.494 e. The summed E-state index contributed by atoms with van der Waals surface area (Å²) in [4.78, 5) is 28.0. The summed E-state index contributed by atoms with van der Waals surface area (Å²) in [5.41, 5.74) is 2.73. The topological polar surface area (TPSA) is 58.6 Å². The van der Waals surface area contributed by atoms with Crippen molar-refractivity contribution in [2.75, 3.05) is 11.9 Å². The maximum absolute atomic E-state index is 13.4. The Balaban J connectivity index is 1.70. The molecule has 3 aromatic rings. The number of hydrogen-bond donors (Lipinski definition) is 1. The summed E-state index contributed by atoms with van der Waals surface area (Å²) in [6, 6.07) is 23.7. The van der Waals surface area contributed by atoms with E-state index in [4.69, 9.17) is 16.3 Å². The summed E-state index contributed by atoms with van der Waals surface area (Å²) in [5, 5.41) is 3.73. The second-order valence-corrected chi connectivity index (χ2v) is 7.88. The molecule has 1 N–H and O–H groups in total. The van der Waals surface area contributed by atoms with Crippen molar-refractivity contribution in [3.05, 3.63) is 101 Å². The average molecular weight is 447 g/mol. The lowest BCUT2D eigenvalue weighted by Crippen LogP contribution is -2.31. The number of nitrogens with zero attached hydrogens (tertiary/aromatic N) is 1. The van der Waals surface area contributed by atoms with Gasteiger partial charge in [-0.3, -0.25) is 14.5 Å². The van der Waals surface area contributed by atoms with E-state index in [1.807, 2.05) is 61.5 Å². The van der Waals surface area contributed by atoms with E-state index >= 15 is 0 Å². The van der Waals surface area contributed by atoms with E-state index in [1.165, 1.54) is 4.90 Å². The van der Waals surface area contributed by atoms with Gasteiger partial charge >= 0.3 is 0 Å². The smallest absolute Gasteiger partial charge is 0.278 e. The van der Waals surface area contributed by atoms with Gasteiger partial charge in [-0.05, 0) is 41.8 Å². The van der Waals surface area contributed by atoms with Crippen LogP contribution in [0.5, 0.6) is 5.75 Å². The number of anilines is 1. The average Bonchev–Trinajstić information content (AvgIpc) is 3.03. The fourth-order valence-corrected chi connectivity index (χ4v) is 3.64. The number of rotatable bonds is 8. The lowest BCUT2D eigenvalue weighted by atomic mass is 10.0. The van der Waals surface area contributed by atoms with Gasteiger partial charge in [0.05, 0.1) is 18.7 Å². The van der Waals surface area contributed by atoms with Crippen molar-refractivity contribution >= 4 is 34.7 Å². The molecule has 0 bridgehead atoms. The molecule has 0 aromatic heterocycles. The van der Waals surface area contributed by atoms with Crippen LogP contribution in [0.15, 0.2) is 84.6 Å². The first kappa shape index (κ1) is 21.7. The molecule has 0 fully saturated rings. The highest BCUT2D eigenvalue weighted by Crippen LogP contribution is 2.32. The van der Waals surface area contributed by atoms with Gasteiger partial charge in [0.25, 0.3) is 11.8 Å². The fraction of sp³-hybridized carbons (Fsp3) is 0.154. The molecule has 0 atom stereocenters. The predicted octanol–water partition coefficient (Wildman–Crippen LogP) is 5.52. The van der Waals surface area contributed by atoms with Gasteiger partial charge in [0.1, 0.15) is 11.4 Å². The first-order chi connectivity index (χ1) is 15.6. The third-order valence-electron chi connectivity index (χ3n) is 5.06. The van der Waals surface area contributed by atoms with Gasteiger partial charge in [-0.25, -0.2) is 0 Å². The maximum atomic E-state index is 13.4. The maximum Gasteiger partial charge on any atom is 0.278 e. The van der Waals surface area contributed by atoms with Crippen LogP contribution in [0.25, 0.3) is 5.57 Å². The molecule has 3 aromatic carbocycles. The summed E-state index contributed by atoms with van der Waals surface area (Å²) in [6.45, 7) is 2.83.